The zero-order valence-electron chi connectivity index (χ0n) is 25.7. The largest absolute Gasteiger partial charge is 0.507 e. The average molecular weight is 975 g/mol. The second-order valence-electron chi connectivity index (χ2n) is 9.69. The lowest BCUT2D eigenvalue weighted by Crippen LogP contribution is -2.26. The summed E-state index contributed by atoms with van der Waals surface area (Å²) < 4.78 is 79.4. The second kappa shape index (κ2) is 19.7. The standard InChI is InChI=1S/C8H8O4S.C8H6O4S.C8H8O4S.C7H6O2.I2/c2*9-7-5-13(10,11)12-8-4-2-1-3-6(7)8;1-13(10,11)12-8-5-3-2-4-7(8)6-9;8-5-6-3-1-2-4-7(6)9;1-2/h1-4,7,9H,5H2;1-4H,5H2;2-6H,1H3;1-5,9H;. The number of fused-ring (bicyclic) bond motifs is 2. The summed E-state index contributed by atoms with van der Waals surface area (Å²) in [6, 6.07) is 25.4. The topological polar surface area (TPSA) is 222 Å². The van der Waals surface area contributed by atoms with Crippen LogP contribution in [0.15, 0.2) is 97.1 Å². The Morgan fingerprint density at radius 2 is 1.26 bits per heavy atom. The molecule has 0 saturated heterocycles. The summed E-state index contributed by atoms with van der Waals surface area (Å²) in [5.74, 6) is -0.914. The predicted molar refractivity (Wildman–Crippen MR) is 200 cm³/mol. The zero-order valence-corrected chi connectivity index (χ0v) is 32.4. The summed E-state index contributed by atoms with van der Waals surface area (Å²) in [6.07, 6.45) is 1.11. The molecule has 0 spiro atoms. The first-order valence-corrected chi connectivity index (χ1v) is 24.8. The van der Waals surface area contributed by atoms with Crippen molar-refractivity contribution < 1.29 is 62.4 Å². The number of halogens is 2. The first-order valence-electron chi connectivity index (χ1n) is 13.6. The molecule has 50 heavy (non-hydrogen) atoms. The van der Waals surface area contributed by atoms with Crippen LogP contribution in [0, 0.1) is 0 Å². The van der Waals surface area contributed by atoms with Crippen molar-refractivity contribution in [2.45, 2.75) is 6.10 Å². The van der Waals surface area contributed by atoms with E-state index in [0.29, 0.717) is 29.3 Å². The molecular formula is C31H28I2O14S3. The molecule has 0 amide bonds. The Balaban J connectivity index is 0.000000229. The maximum Gasteiger partial charge on any atom is 0.316 e. The summed E-state index contributed by atoms with van der Waals surface area (Å²) in [5.41, 5.74) is 1.40. The first kappa shape index (κ1) is 42.5. The molecule has 0 aromatic heterocycles. The Labute approximate surface area is 312 Å². The summed E-state index contributed by atoms with van der Waals surface area (Å²) in [5, 5.41) is 18.3. The smallest absolute Gasteiger partial charge is 0.316 e. The number of aldehydes is 2. The lowest BCUT2D eigenvalue weighted by Gasteiger charge is -2.20. The van der Waals surface area contributed by atoms with Crippen molar-refractivity contribution in [3.05, 3.63) is 119 Å². The molecule has 2 heterocycles. The number of hydrogen-bond acceptors (Lipinski definition) is 14. The van der Waals surface area contributed by atoms with Crippen molar-refractivity contribution in [1.82, 2.24) is 0 Å². The van der Waals surface area contributed by atoms with Crippen LogP contribution in [0.1, 0.15) is 42.7 Å². The van der Waals surface area contributed by atoms with Crippen molar-refractivity contribution in [2.24, 2.45) is 0 Å². The third kappa shape index (κ3) is 13.9. The molecule has 0 saturated carbocycles. The van der Waals surface area contributed by atoms with Gasteiger partial charge in [0, 0.05) is 42.8 Å². The van der Waals surface area contributed by atoms with Gasteiger partial charge < -0.3 is 22.8 Å². The molecule has 4 aromatic carbocycles. The van der Waals surface area contributed by atoms with Crippen molar-refractivity contribution >= 4 is 85.9 Å². The molecule has 4 aromatic rings. The fourth-order valence-electron chi connectivity index (χ4n) is 3.86. The van der Waals surface area contributed by atoms with Gasteiger partial charge in [0.1, 0.15) is 23.0 Å². The highest BCUT2D eigenvalue weighted by atomic mass is 128. The van der Waals surface area contributed by atoms with E-state index in [4.69, 9.17) is 9.29 Å². The molecule has 0 bridgehead atoms. The third-order valence-corrected chi connectivity index (χ3v) is 8.61. The molecule has 6 rings (SSSR count). The first-order chi connectivity index (χ1) is 23.5. The number of ketones is 1. The molecule has 268 valence electrons. The van der Waals surface area contributed by atoms with E-state index in [1.165, 1.54) is 30.3 Å². The van der Waals surface area contributed by atoms with Crippen molar-refractivity contribution in [1.29, 1.82) is 0 Å². The van der Waals surface area contributed by atoms with Gasteiger partial charge in [-0.2, -0.15) is 25.3 Å². The quantitative estimate of drug-likeness (QED) is 0.159. The van der Waals surface area contributed by atoms with E-state index in [0.717, 1.165) is 6.26 Å². The molecule has 2 aliphatic heterocycles. The Kier molecular flexibility index (Phi) is 16.7. The van der Waals surface area contributed by atoms with E-state index in [1.54, 1.807) is 66.7 Å². The van der Waals surface area contributed by atoms with Gasteiger partial charge in [0.2, 0.25) is 0 Å². The number of benzene rings is 4. The minimum atomic E-state index is -3.69. The number of aliphatic hydroxyl groups is 1. The molecule has 2 N–H and O–H groups in total. The maximum absolute atomic E-state index is 11.2. The second-order valence-corrected chi connectivity index (χ2v) is 14.4. The van der Waals surface area contributed by atoms with E-state index in [1.807, 2.05) is 0 Å². The predicted octanol–water partition coefficient (Wildman–Crippen LogP) is 4.85. The summed E-state index contributed by atoms with van der Waals surface area (Å²) in [7, 11) is -10.9. The minimum absolute atomic E-state index is 0.0347. The van der Waals surface area contributed by atoms with Crippen LogP contribution >= 0.6 is 37.2 Å². The number of rotatable bonds is 4. The monoisotopic (exact) mass is 974 g/mol. The van der Waals surface area contributed by atoms with E-state index in [-0.39, 0.29) is 34.3 Å². The molecule has 1 unspecified atom stereocenters. The van der Waals surface area contributed by atoms with Gasteiger partial charge in [-0.3, -0.25) is 14.4 Å². The van der Waals surface area contributed by atoms with Crippen molar-refractivity contribution in [2.75, 3.05) is 17.8 Å². The Morgan fingerprint density at radius 1 is 0.760 bits per heavy atom. The Morgan fingerprint density at radius 3 is 1.84 bits per heavy atom. The van der Waals surface area contributed by atoms with Crippen molar-refractivity contribution in [3.8, 4) is 23.0 Å². The van der Waals surface area contributed by atoms with Crippen LogP contribution < -0.4 is 12.5 Å². The van der Waals surface area contributed by atoms with Crippen LogP contribution in [0.2, 0.25) is 0 Å². The number of phenols is 1. The van der Waals surface area contributed by atoms with Gasteiger partial charge in [0.05, 0.1) is 29.1 Å². The molecule has 0 fully saturated rings. The number of carbonyl (C=O) groups is 3. The van der Waals surface area contributed by atoms with Gasteiger partial charge in [0.25, 0.3) is 0 Å². The lowest BCUT2D eigenvalue weighted by atomic mass is 10.1. The van der Waals surface area contributed by atoms with Crippen LogP contribution in [0.5, 0.6) is 23.0 Å². The fourth-order valence-corrected chi connectivity index (χ4v) is 6.36. The lowest BCUT2D eigenvalue weighted by molar-refractivity contribution is 0.101. The maximum atomic E-state index is 11.2. The highest BCUT2D eigenvalue weighted by Crippen LogP contribution is 2.32. The number of aromatic hydroxyl groups is 1. The van der Waals surface area contributed by atoms with Crippen LogP contribution in [0.25, 0.3) is 0 Å². The van der Waals surface area contributed by atoms with Gasteiger partial charge in [-0.05, 0) is 42.5 Å². The van der Waals surface area contributed by atoms with Crippen LogP contribution in [0.4, 0.5) is 0 Å². The van der Waals surface area contributed by atoms with Gasteiger partial charge in [-0.1, -0.05) is 54.6 Å². The molecule has 0 radical (unpaired) electrons. The van der Waals surface area contributed by atoms with E-state index < -0.39 is 48.0 Å². The van der Waals surface area contributed by atoms with Gasteiger partial charge in [-0.15, -0.1) is 0 Å². The van der Waals surface area contributed by atoms with Gasteiger partial charge in [0.15, 0.2) is 29.9 Å². The number of carbonyl (C=O) groups excluding carboxylic acids is 3. The number of hydrogen-bond donors (Lipinski definition) is 2. The zero-order chi connectivity index (χ0) is 37.5. The van der Waals surface area contributed by atoms with Crippen LogP contribution in [0.3, 0.4) is 0 Å². The molecule has 1 atom stereocenters. The SMILES string of the molecule is CS(=O)(=O)Oc1ccccc1C=O.II.O=C1CS(=O)(=O)Oc2ccccc21.O=Cc1ccccc1O.O=S1(=O)CC(O)c2ccccc2O1. The molecule has 19 heteroatoms. The Hall–Kier alpha value is -3.64. The van der Waals surface area contributed by atoms with Gasteiger partial charge >= 0.3 is 30.4 Å². The van der Waals surface area contributed by atoms with Crippen molar-refractivity contribution in [3.63, 3.8) is 0 Å². The highest BCUT2D eigenvalue weighted by molar-refractivity contribution is 15.0. The molecule has 0 aliphatic carbocycles. The summed E-state index contributed by atoms with van der Waals surface area (Å²) >= 11 is 4.24. The van der Waals surface area contributed by atoms with E-state index >= 15 is 0 Å². The van der Waals surface area contributed by atoms with Crippen LogP contribution in [-0.2, 0) is 30.4 Å². The number of phenolic OH excluding ortho intramolecular Hbond substituents is 1. The van der Waals surface area contributed by atoms with E-state index in [9.17, 15) is 44.7 Å². The molecule has 2 aliphatic rings. The minimum Gasteiger partial charge on any atom is -0.507 e. The summed E-state index contributed by atoms with van der Waals surface area (Å²) in [6.45, 7) is 0. The number of para-hydroxylation sites is 4. The number of aliphatic hydroxyl groups excluding tert-OH is 1. The highest BCUT2D eigenvalue weighted by Gasteiger charge is 2.30. The Bertz CT molecular complexity index is 2120. The van der Waals surface area contributed by atoms with Gasteiger partial charge in [-0.25, -0.2) is 0 Å². The molecular weight excluding hydrogens is 946 g/mol. The molecule has 14 nitrogen and oxygen atoms in total. The number of Topliss-reactive ketones (excluding diaryl/α,β-unsaturated/α-hetero) is 1. The fraction of sp³-hybridized carbons (Fsp3) is 0.129. The third-order valence-electron chi connectivity index (χ3n) is 5.92. The average Bonchev–Trinajstić information content (AvgIpc) is 3.05. The summed E-state index contributed by atoms with van der Waals surface area (Å²) in [4.78, 5) is 31.7. The normalized spacial score (nSPS) is 15.8. The van der Waals surface area contributed by atoms with E-state index in [2.05, 4.69) is 45.6 Å². The van der Waals surface area contributed by atoms with Crippen LogP contribution in [-0.4, -0.2) is 71.6 Å².